The Hall–Kier alpha value is -4.96. The van der Waals surface area contributed by atoms with Crippen molar-refractivity contribution in [3.63, 3.8) is 0 Å². The minimum Gasteiger partial charge on any atom is -0.378 e. The first-order chi connectivity index (χ1) is 20.5. The summed E-state index contributed by atoms with van der Waals surface area (Å²) in [6.45, 7) is 4.96. The van der Waals surface area contributed by atoms with E-state index in [0.717, 1.165) is 24.3 Å². The van der Waals surface area contributed by atoms with Gasteiger partial charge in [-0.25, -0.2) is 0 Å². The van der Waals surface area contributed by atoms with Crippen LogP contribution in [0.5, 0.6) is 0 Å². The molecule has 0 aromatic heterocycles. The zero-order chi connectivity index (χ0) is 29.3. The number of nitrogens with zero attached hydrogens (tertiary/aromatic N) is 4. The van der Waals surface area contributed by atoms with Crippen molar-refractivity contribution < 1.29 is 19.2 Å². The van der Waals surface area contributed by atoms with Gasteiger partial charge in [0.1, 0.15) is 5.69 Å². The Labute approximate surface area is 244 Å². The highest BCUT2D eigenvalue weighted by molar-refractivity contribution is 6.02. The van der Waals surface area contributed by atoms with Crippen LogP contribution in [-0.4, -0.2) is 74.1 Å². The highest BCUT2D eigenvalue weighted by atomic mass is 16.6. The summed E-state index contributed by atoms with van der Waals surface area (Å²) in [4.78, 5) is 42.4. The molecule has 0 unspecified atom stereocenters. The summed E-state index contributed by atoms with van der Waals surface area (Å²) in [5.41, 5.74) is 3.78. The van der Waals surface area contributed by atoms with Crippen LogP contribution in [-0.2, 0) is 14.3 Å². The maximum Gasteiger partial charge on any atom is 0.293 e. The van der Waals surface area contributed by atoms with E-state index in [1.54, 1.807) is 24.3 Å². The van der Waals surface area contributed by atoms with Crippen LogP contribution >= 0.6 is 0 Å². The lowest BCUT2D eigenvalue weighted by Crippen LogP contribution is -2.48. The van der Waals surface area contributed by atoms with Gasteiger partial charge in [-0.3, -0.25) is 19.7 Å². The molecule has 10 nitrogen and oxygen atoms in total. The minimum atomic E-state index is -0.398. The molecule has 0 spiro atoms. The predicted molar refractivity (Wildman–Crippen MR) is 165 cm³/mol. The van der Waals surface area contributed by atoms with Crippen molar-refractivity contribution in [3.05, 3.63) is 106 Å². The van der Waals surface area contributed by atoms with Gasteiger partial charge in [-0.2, -0.15) is 0 Å². The Morgan fingerprint density at radius 3 is 2.17 bits per heavy atom. The van der Waals surface area contributed by atoms with Gasteiger partial charge >= 0.3 is 0 Å². The summed E-state index contributed by atoms with van der Waals surface area (Å²) in [7, 11) is 0. The number of hydrogen-bond acceptors (Lipinski definition) is 7. The average Bonchev–Trinajstić information content (AvgIpc) is 3.04. The van der Waals surface area contributed by atoms with Crippen LogP contribution in [0.2, 0.25) is 0 Å². The number of rotatable bonds is 8. The van der Waals surface area contributed by atoms with Crippen molar-refractivity contribution in [2.24, 2.45) is 0 Å². The minimum absolute atomic E-state index is 0.00361. The summed E-state index contributed by atoms with van der Waals surface area (Å²) < 4.78 is 5.34. The summed E-state index contributed by atoms with van der Waals surface area (Å²) in [6, 6.07) is 22.3. The van der Waals surface area contributed by atoms with Gasteiger partial charge < -0.3 is 24.8 Å². The van der Waals surface area contributed by atoms with E-state index in [1.165, 1.54) is 12.1 Å². The number of amides is 2. The fourth-order valence-electron chi connectivity index (χ4n) is 5.00. The zero-order valence-corrected chi connectivity index (χ0v) is 23.2. The molecule has 1 N–H and O–H groups in total. The highest BCUT2D eigenvalue weighted by Crippen LogP contribution is 2.30. The van der Waals surface area contributed by atoms with E-state index in [2.05, 4.69) is 10.2 Å². The molecule has 0 atom stereocenters. The van der Waals surface area contributed by atoms with Gasteiger partial charge in [-0.1, -0.05) is 36.4 Å². The summed E-state index contributed by atoms with van der Waals surface area (Å²) in [5, 5.41) is 14.5. The summed E-state index contributed by atoms with van der Waals surface area (Å²) >= 11 is 0. The lowest BCUT2D eigenvalue weighted by Gasteiger charge is -2.35. The first-order valence-electron chi connectivity index (χ1n) is 13.9. The molecular weight excluding hydrogens is 534 g/mol. The molecule has 5 rings (SSSR count). The number of morpholine rings is 1. The number of anilines is 3. The van der Waals surface area contributed by atoms with Crippen molar-refractivity contribution in [2.75, 3.05) is 67.6 Å². The Bertz CT molecular complexity index is 1460. The van der Waals surface area contributed by atoms with Gasteiger partial charge in [-0.15, -0.1) is 0 Å². The average molecular weight is 568 g/mol. The van der Waals surface area contributed by atoms with Crippen LogP contribution in [0.15, 0.2) is 84.9 Å². The van der Waals surface area contributed by atoms with E-state index in [9.17, 15) is 19.7 Å². The van der Waals surface area contributed by atoms with E-state index >= 15 is 0 Å². The Morgan fingerprint density at radius 1 is 0.786 bits per heavy atom. The summed E-state index contributed by atoms with van der Waals surface area (Å²) in [5.74, 6) is -0.328. The summed E-state index contributed by atoms with van der Waals surface area (Å²) in [6.07, 6.45) is 6.39. The largest absolute Gasteiger partial charge is 0.378 e. The molecule has 2 aliphatic rings. The number of piperazine rings is 1. The molecule has 2 amide bonds. The molecule has 10 heteroatoms. The Balaban J connectivity index is 1.12. The third kappa shape index (κ3) is 7.41. The monoisotopic (exact) mass is 567 g/mol. The quantitative estimate of drug-likeness (QED) is 0.244. The van der Waals surface area contributed by atoms with E-state index < -0.39 is 4.92 Å². The van der Waals surface area contributed by atoms with E-state index in [-0.39, 0.29) is 17.5 Å². The third-order valence-electron chi connectivity index (χ3n) is 7.28. The second kappa shape index (κ2) is 13.6. The number of carbonyl (C=O) groups is 2. The molecule has 0 radical (unpaired) electrons. The fourth-order valence-corrected chi connectivity index (χ4v) is 5.00. The fraction of sp³-hybridized carbons (Fsp3) is 0.250. The standard InChI is InChI=1S/C32H33N5O5/c38-31(14-7-26-6-13-29(30(24-26)37(40)41)35-20-22-42-23-21-35)33-27-9-11-28(12-10-27)34-16-18-36(19-17-34)32(39)15-8-25-4-2-1-3-5-25/h1-15,24H,16-23H2,(H,33,38)/b14-7+,15-8+. The van der Waals surface area contributed by atoms with Crippen molar-refractivity contribution in [3.8, 4) is 0 Å². The number of carbonyl (C=O) groups excluding carboxylic acids is 2. The molecule has 3 aromatic carbocycles. The van der Waals surface area contributed by atoms with Crippen LogP contribution in [0.1, 0.15) is 11.1 Å². The smallest absolute Gasteiger partial charge is 0.293 e. The molecule has 0 bridgehead atoms. The van der Waals surface area contributed by atoms with E-state index in [4.69, 9.17) is 4.74 Å². The second-order valence-electron chi connectivity index (χ2n) is 10.0. The van der Waals surface area contributed by atoms with Gasteiger partial charge in [0.2, 0.25) is 11.8 Å². The predicted octanol–water partition coefficient (Wildman–Crippen LogP) is 4.45. The van der Waals surface area contributed by atoms with Crippen molar-refractivity contribution in [1.29, 1.82) is 0 Å². The molecule has 42 heavy (non-hydrogen) atoms. The van der Waals surface area contributed by atoms with Crippen molar-refractivity contribution in [2.45, 2.75) is 0 Å². The molecular formula is C32H33N5O5. The maximum atomic E-state index is 12.6. The topological polar surface area (TPSA) is 108 Å². The molecule has 3 aromatic rings. The lowest BCUT2D eigenvalue weighted by molar-refractivity contribution is -0.384. The van der Waals surface area contributed by atoms with Crippen LogP contribution in [0.3, 0.4) is 0 Å². The number of nitrogens with one attached hydrogen (secondary N) is 1. The third-order valence-corrected chi connectivity index (χ3v) is 7.28. The number of benzene rings is 3. The second-order valence-corrected chi connectivity index (χ2v) is 10.0. The number of ether oxygens (including phenoxy) is 1. The van der Waals surface area contributed by atoms with Crippen LogP contribution in [0.25, 0.3) is 12.2 Å². The zero-order valence-electron chi connectivity index (χ0n) is 23.2. The maximum absolute atomic E-state index is 12.6. The van der Waals surface area contributed by atoms with E-state index in [0.29, 0.717) is 56.3 Å². The lowest BCUT2D eigenvalue weighted by atomic mass is 10.1. The van der Waals surface area contributed by atoms with Crippen molar-refractivity contribution in [1.82, 2.24) is 4.90 Å². The molecule has 2 aliphatic heterocycles. The van der Waals surface area contributed by atoms with Crippen molar-refractivity contribution >= 4 is 46.7 Å². The first-order valence-corrected chi connectivity index (χ1v) is 13.9. The molecule has 0 aliphatic carbocycles. The molecule has 2 saturated heterocycles. The molecule has 2 heterocycles. The van der Waals surface area contributed by atoms with Gasteiger partial charge in [0.25, 0.3) is 5.69 Å². The van der Waals surface area contributed by atoms with Gasteiger partial charge in [0.05, 0.1) is 18.1 Å². The van der Waals surface area contributed by atoms with Gasteiger partial charge in [-0.05, 0) is 53.6 Å². The highest BCUT2D eigenvalue weighted by Gasteiger charge is 2.22. The molecule has 0 saturated carbocycles. The normalized spacial score (nSPS) is 15.8. The first kappa shape index (κ1) is 28.6. The number of nitro benzene ring substituents is 1. The van der Waals surface area contributed by atoms with Gasteiger partial charge in [0, 0.05) is 68.9 Å². The number of nitro groups is 1. The van der Waals surface area contributed by atoms with Crippen LogP contribution in [0, 0.1) is 10.1 Å². The molecule has 216 valence electrons. The van der Waals surface area contributed by atoms with Crippen LogP contribution < -0.4 is 15.1 Å². The van der Waals surface area contributed by atoms with E-state index in [1.807, 2.05) is 70.5 Å². The number of hydrogen-bond donors (Lipinski definition) is 1. The SMILES string of the molecule is O=C(/C=C/c1ccc(N2CCOCC2)c([N+](=O)[O-])c1)Nc1ccc(N2CCN(C(=O)/C=C/c3ccccc3)CC2)cc1. The Kier molecular flexibility index (Phi) is 9.25. The van der Waals surface area contributed by atoms with Crippen LogP contribution in [0.4, 0.5) is 22.7 Å². The Morgan fingerprint density at radius 2 is 1.48 bits per heavy atom. The van der Waals surface area contributed by atoms with Gasteiger partial charge in [0.15, 0.2) is 0 Å². The molecule has 2 fully saturated rings.